The van der Waals surface area contributed by atoms with Gasteiger partial charge in [-0.25, -0.2) is 9.78 Å². The standard InChI is InChI=1S/C19H23ClN4O3S/c1-23(2)19(26)24-8-4-5-13(10-24)17(25)22-18-21-15(11-28-18)12-6-7-16(27-3)14(20)9-12/h6-7,9,11,13H,4-5,8,10H2,1-3H3,(H,21,22,25)/t13-/m1/s1. The van der Waals surface area contributed by atoms with Crippen LogP contribution in [0.5, 0.6) is 5.75 Å². The second-order valence-corrected chi connectivity index (χ2v) is 8.10. The van der Waals surface area contributed by atoms with Crippen molar-refractivity contribution in [3.05, 3.63) is 28.6 Å². The lowest BCUT2D eigenvalue weighted by atomic mass is 9.97. The van der Waals surface area contributed by atoms with Crippen LogP contribution >= 0.6 is 22.9 Å². The van der Waals surface area contributed by atoms with Crippen LogP contribution in [0.2, 0.25) is 5.02 Å². The van der Waals surface area contributed by atoms with Crippen molar-refractivity contribution in [2.45, 2.75) is 12.8 Å². The van der Waals surface area contributed by atoms with Crippen LogP contribution in [0.3, 0.4) is 0 Å². The molecule has 1 aliphatic rings. The topological polar surface area (TPSA) is 74.8 Å². The second kappa shape index (κ2) is 8.79. The highest BCUT2D eigenvalue weighted by atomic mass is 35.5. The Morgan fingerprint density at radius 3 is 2.86 bits per heavy atom. The van der Waals surface area contributed by atoms with Crippen LogP contribution < -0.4 is 10.1 Å². The fourth-order valence-corrected chi connectivity index (χ4v) is 4.12. The van der Waals surface area contributed by atoms with Gasteiger partial charge in [0.25, 0.3) is 0 Å². The number of carbonyl (C=O) groups excluding carboxylic acids is 2. The molecule has 2 aromatic rings. The molecule has 1 fully saturated rings. The highest BCUT2D eigenvalue weighted by Gasteiger charge is 2.29. The summed E-state index contributed by atoms with van der Waals surface area (Å²) in [7, 11) is 5.00. The van der Waals surface area contributed by atoms with E-state index in [4.69, 9.17) is 16.3 Å². The van der Waals surface area contributed by atoms with Gasteiger partial charge in [0.05, 0.1) is 23.7 Å². The van der Waals surface area contributed by atoms with Gasteiger partial charge in [-0.2, -0.15) is 0 Å². The van der Waals surface area contributed by atoms with Crippen molar-refractivity contribution >= 4 is 40.0 Å². The number of carbonyl (C=O) groups is 2. The zero-order chi connectivity index (χ0) is 20.3. The number of amides is 3. The van der Waals surface area contributed by atoms with Gasteiger partial charge in [0.2, 0.25) is 5.91 Å². The third-order valence-electron chi connectivity index (χ3n) is 4.63. The van der Waals surface area contributed by atoms with E-state index in [2.05, 4.69) is 10.3 Å². The number of likely N-dealkylation sites (tertiary alicyclic amines) is 1. The maximum absolute atomic E-state index is 12.7. The number of aromatic nitrogens is 1. The summed E-state index contributed by atoms with van der Waals surface area (Å²) in [4.78, 5) is 32.6. The summed E-state index contributed by atoms with van der Waals surface area (Å²) in [5.74, 6) is 0.258. The van der Waals surface area contributed by atoms with Crippen molar-refractivity contribution in [3.63, 3.8) is 0 Å². The SMILES string of the molecule is COc1ccc(-c2csc(NC(=O)[C@@H]3CCCN(C(=O)N(C)C)C3)n2)cc1Cl. The average molecular weight is 423 g/mol. The van der Waals surface area contributed by atoms with E-state index in [9.17, 15) is 9.59 Å². The third kappa shape index (κ3) is 4.56. The Balaban J connectivity index is 1.65. The molecule has 1 atom stereocenters. The molecule has 9 heteroatoms. The van der Waals surface area contributed by atoms with Crippen LogP contribution in [-0.2, 0) is 4.79 Å². The normalized spacial score (nSPS) is 16.6. The summed E-state index contributed by atoms with van der Waals surface area (Å²) >= 11 is 7.54. The van der Waals surface area contributed by atoms with Gasteiger partial charge in [-0.1, -0.05) is 11.6 Å². The molecule has 2 heterocycles. The molecule has 28 heavy (non-hydrogen) atoms. The van der Waals surface area contributed by atoms with E-state index in [0.29, 0.717) is 29.0 Å². The number of thiazole rings is 1. The van der Waals surface area contributed by atoms with Gasteiger partial charge in [0.1, 0.15) is 5.75 Å². The van der Waals surface area contributed by atoms with Gasteiger partial charge in [-0.3, -0.25) is 4.79 Å². The van der Waals surface area contributed by atoms with Gasteiger partial charge in [-0.15, -0.1) is 11.3 Å². The molecular formula is C19H23ClN4O3S. The molecule has 0 spiro atoms. The first kappa shape index (κ1) is 20.4. The Hall–Kier alpha value is -2.32. The molecule has 1 aromatic heterocycles. The zero-order valence-electron chi connectivity index (χ0n) is 16.1. The third-order valence-corrected chi connectivity index (χ3v) is 5.68. The van der Waals surface area contributed by atoms with Crippen LogP contribution in [0.4, 0.5) is 9.93 Å². The summed E-state index contributed by atoms with van der Waals surface area (Å²) in [6.45, 7) is 1.11. The minimum absolute atomic E-state index is 0.0644. The summed E-state index contributed by atoms with van der Waals surface area (Å²) in [6.07, 6.45) is 1.57. The first-order chi connectivity index (χ1) is 13.4. The lowest BCUT2D eigenvalue weighted by Gasteiger charge is -2.33. The Morgan fingerprint density at radius 1 is 1.39 bits per heavy atom. The fourth-order valence-electron chi connectivity index (χ4n) is 3.14. The average Bonchev–Trinajstić information content (AvgIpc) is 3.15. The van der Waals surface area contributed by atoms with E-state index in [1.165, 1.54) is 16.2 Å². The van der Waals surface area contributed by atoms with Gasteiger partial charge in [0.15, 0.2) is 5.13 Å². The monoisotopic (exact) mass is 422 g/mol. The maximum atomic E-state index is 12.7. The molecule has 1 saturated heterocycles. The number of nitrogens with one attached hydrogen (secondary N) is 1. The van der Waals surface area contributed by atoms with Gasteiger partial charge < -0.3 is 19.9 Å². The van der Waals surface area contributed by atoms with Crippen LogP contribution in [0.15, 0.2) is 23.6 Å². The minimum Gasteiger partial charge on any atom is -0.495 e. The number of halogens is 1. The second-order valence-electron chi connectivity index (χ2n) is 6.84. The van der Waals surface area contributed by atoms with E-state index in [1.807, 2.05) is 11.4 Å². The number of hydrogen-bond donors (Lipinski definition) is 1. The Labute approximate surface area is 173 Å². The lowest BCUT2D eigenvalue weighted by molar-refractivity contribution is -0.121. The van der Waals surface area contributed by atoms with E-state index in [0.717, 1.165) is 24.1 Å². The maximum Gasteiger partial charge on any atom is 0.319 e. The van der Waals surface area contributed by atoms with Crippen LogP contribution in [0, 0.1) is 5.92 Å². The van der Waals surface area contributed by atoms with Gasteiger partial charge in [-0.05, 0) is 31.0 Å². The van der Waals surface area contributed by atoms with E-state index in [1.54, 1.807) is 38.2 Å². The predicted molar refractivity (Wildman–Crippen MR) is 111 cm³/mol. The number of nitrogens with zero attached hydrogens (tertiary/aromatic N) is 3. The van der Waals surface area contributed by atoms with Crippen molar-refractivity contribution in [3.8, 4) is 17.0 Å². The molecule has 0 aliphatic carbocycles. The Morgan fingerprint density at radius 2 is 2.18 bits per heavy atom. The fraction of sp³-hybridized carbons (Fsp3) is 0.421. The number of hydrogen-bond acceptors (Lipinski definition) is 5. The van der Waals surface area contributed by atoms with E-state index >= 15 is 0 Å². The molecular weight excluding hydrogens is 400 g/mol. The van der Waals surface area contributed by atoms with Crippen molar-refractivity contribution in [1.82, 2.24) is 14.8 Å². The van der Waals surface area contributed by atoms with Gasteiger partial charge >= 0.3 is 6.03 Å². The molecule has 0 bridgehead atoms. The number of piperidine rings is 1. The molecule has 1 aliphatic heterocycles. The van der Waals surface area contributed by atoms with E-state index in [-0.39, 0.29) is 17.9 Å². The molecule has 0 unspecified atom stereocenters. The van der Waals surface area contributed by atoms with Crippen LogP contribution in [0.25, 0.3) is 11.3 Å². The quantitative estimate of drug-likeness (QED) is 0.813. The summed E-state index contributed by atoms with van der Waals surface area (Å²) in [5, 5.41) is 5.79. The van der Waals surface area contributed by atoms with Crippen molar-refractivity contribution in [2.75, 3.05) is 39.6 Å². The van der Waals surface area contributed by atoms with Gasteiger partial charge in [0, 0.05) is 38.1 Å². The molecule has 150 valence electrons. The summed E-state index contributed by atoms with van der Waals surface area (Å²) in [6, 6.07) is 5.38. The molecule has 0 saturated carbocycles. The smallest absolute Gasteiger partial charge is 0.319 e. The van der Waals surface area contributed by atoms with Crippen molar-refractivity contribution in [1.29, 1.82) is 0 Å². The lowest BCUT2D eigenvalue weighted by Crippen LogP contribution is -2.47. The van der Waals surface area contributed by atoms with Crippen molar-refractivity contribution in [2.24, 2.45) is 5.92 Å². The number of urea groups is 1. The number of rotatable bonds is 4. The molecule has 3 amide bonds. The zero-order valence-corrected chi connectivity index (χ0v) is 17.6. The number of methoxy groups -OCH3 is 1. The highest BCUT2D eigenvalue weighted by molar-refractivity contribution is 7.14. The molecule has 1 aromatic carbocycles. The molecule has 1 N–H and O–H groups in total. The Bertz CT molecular complexity index is 871. The van der Waals surface area contributed by atoms with E-state index < -0.39 is 0 Å². The predicted octanol–water partition coefficient (Wildman–Crippen LogP) is 3.80. The number of anilines is 1. The summed E-state index contributed by atoms with van der Waals surface area (Å²) < 4.78 is 5.16. The first-order valence-corrected chi connectivity index (χ1v) is 10.2. The number of ether oxygens (including phenoxy) is 1. The summed E-state index contributed by atoms with van der Waals surface area (Å²) in [5.41, 5.74) is 1.58. The van der Waals surface area contributed by atoms with Crippen LogP contribution in [-0.4, -0.2) is 61.0 Å². The first-order valence-electron chi connectivity index (χ1n) is 8.95. The number of benzene rings is 1. The largest absolute Gasteiger partial charge is 0.495 e. The van der Waals surface area contributed by atoms with Crippen molar-refractivity contribution < 1.29 is 14.3 Å². The van der Waals surface area contributed by atoms with Crippen LogP contribution in [0.1, 0.15) is 12.8 Å². The molecule has 0 radical (unpaired) electrons. The Kier molecular flexibility index (Phi) is 6.41. The molecule has 3 rings (SSSR count). The highest BCUT2D eigenvalue weighted by Crippen LogP contribution is 2.32. The minimum atomic E-state index is -0.236. The molecule has 7 nitrogen and oxygen atoms in total.